The second kappa shape index (κ2) is 5.38. The van der Waals surface area contributed by atoms with Crippen LogP contribution in [0.3, 0.4) is 0 Å². The molecule has 0 radical (unpaired) electrons. The molecular formula is C9H17N3OS. The van der Waals surface area contributed by atoms with Gasteiger partial charge in [0, 0.05) is 18.7 Å². The van der Waals surface area contributed by atoms with Crippen LogP contribution in [0.2, 0.25) is 0 Å². The highest BCUT2D eigenvalue weighted by Gasteiger charge is 2.09. The lowest BCUT2D eigenvalue weighted by Crippen LogP contribution is -2.13. The van der Waals surface area contributed by atoms with Gasteiger partial charge in [-0.15, -0.1) is 0 Å². The number of aromatic nitrogens is 2. The molecule has 5 heteroatoms. The lowest BCUT2D eigenvalue weighted by atomic mass is 10.3. The Morgan fingerprint density at radius 2 is 2.43 bits per heavy atom. The molecule has 1 rings (SSSR count). The van der Waals surface area contributed by atoms with Crippen molar-refractivity contribution in [2.45, 2.75) is 26.8 Å². The van der Waals surface area contributed by atoms with Gasteiger partial charge in [0.25, 0.3) is 0 Å². The molecule has 0 aliphatic rings. The standard InChI is InChI=1S/C9H17N3OS/c1-7-8(2)12(5-6-13-14)9(11-7)3-4-10/h14H,3-6,10H2,1-2H3/i/hT. The van der Waals surface area contributed by atoms with Gasteiger partial charge < -0.3 is 14.5 Å². The monoisotopic (exact) mass is 217 g/mol. The quantitative estimate of drug-likeness (QED) is 0.422. The Morgan fingerprint density at radius 3 is 3.07 bits per heavy atom. The predicted octanol–water partition coefficient (Wildman–Crippen LogP) is 0.863. The molecule has 0 amide bonds. The molecule has 0 bridgehead atoms. The molecule has 0 saturated carbocycles. The van der Waals surface area contributed by atoms with Crippen LogP contribution in [0.5, 0.6) is 0 Å². The number of aryl methyl sites for hydroxylation is 1. The average molecular weight is 217 g/mol. The second-order valence-corrected chi connectivity index (χ2v) is 3.45. The zero-order valence-corrected chi connectivity index (χ0v) is 9.43. The maximum Gasteiger partial charge on any atom is 0.135 e. The second-order valence-electron chi connectivity index (χ2n) is 3.21. The van der Waals surface area contributed by atoms with E-state index in [1.165, 1.54) is 0 Å². The highest BCUT2D eigenvalue weighted by atomic mass is 32.1. The van der Waals surface area contributed by atoms with Crippen molar-refractivity contribution >= 4 is 12.8 Å². The van der Waals surface area contributed by atoms with E-state index in [0.717, 1.165) is 30.2 Å². The summed E-state index contributed by atoms with van der Waals surface area (Å²) in [6.07, 6.45) is 0.780. The molecule has 0 aliphatic heterocycles. The van der Waals surface area contributed by atoms with Gasteiger partial charge >= 0.3 is 0 Å². The van der Waals surface area contributed by atoms with Crippen molar-refractivity contribution in [2.75, 3.05) is 13.2 Å². The number of hydrogen-bond acceptors (Lipinski definition) is 4. The first-order chi connectivity index (χ1) is 7.20. The van der Waals surface area contributed by atoms with Gasteiger partial charge in [0.15, 0.2) is 0 Å². The van der Waals surface area contributed by atoms with Crippen LogP contribution in [0.1, 0.15) is 17.2 Å². The van der Waals surface area contributed by atoms with E-state index in [9.17, 15) is 0 Å². The van der Waals surface area contributed by atoms with Gasteiger partial charge in [0.05, 0.1) is 12.3 Å². The van der Waals surface area contributed by atoms with E-state index in [0.29, 0.717) is 26.0 Å². The van der Waals surface area contributed by atoms with Gasteiger partial charge in [0.1, 0.15) is 6.95 Å². The van der Waals surface area contributed by atoms with E-state index in [2.05, 4.69) is 9.55 Å². The van der Waals surface area contributed by atoms with Crippen molar-refractivity contribution in [2.24, 2.45) is 5.73 Å². The minimum absolute atomic E-state index is 0.516. The van der Waals surface area contributed by atoms with E-state index in [1.54, 1.807) is 0 Å². The number of rotatable bonds is 6. The summed E-state index contributed by atoms with van der Waals surface area (Å²) in [5.74, 6) is 1.01. The minimum Gasteiger partial charge on any atom is -0.330 e. The van der Waals surface area contributed by atoms with Crippen molar-refractivity contribution in [3.05, 3.63) is 17.2 Å². The SMILES string of the molecule is [3H]SOCCn1c(CCN)nc(C)c1C. The van der Waals surface area contributed by atoms with E-state index in [-0.39, 0.29) is 0 Å². The Labute approximate surface area is 91.2 Å². The molecule has 0 aliphatic carbocycles. The zero-order chi connectivity index (χ0) is 11.3. The van der Waals surface area contributed by atoms with Crippen LogP contribution in [0.4, 0.5) is 0 Å². The summed E-state index contributed by atoms with van der Waals surface area (Å²) in [5.41, 5.74) is 7.71. The maximum atomic E-state index is 6.81. The van der Waals surface area contributed by atoms with Gasteiger partial charge in [0.2, 0.25) is 0 Å². The molecule has 0 aromatic carbocycles. The van der Waals surface area contributed by atoms with Crippen LogP contribution in [0.15, 0.2) is 0 Å². The molecule has 0 atom stereocenters. The number of thiol groups is 1. The smallest absolute Gasteiger partial charge is 0.135 e. The molecular weight excluding hydrogens is 198 g/mol. The normalized spacial score (nSPS) is 11.8. The van der Waals surface area contributed by atoms with Gasteiger partial charge in [-0.25, -0.2) is 4.98 Å². The van der Waals surface area contributed by atoms with Crippen molar-refractivity contribution in [3.8, 4) is 0 Å². The van der Waals surface area contributed by atoms with Crippen LogP contribution >= 0.6 is 12.8 Å². The van der Waals surface area contributed by atoms with Gasteiger partial charge in [-0.3, -0.25) is 0 Å². The van der Waals surface area contributed by atoms with Crippen molar-refractivity contribution in [1.82, 2.24) is 9.55 Å². The summed E-state index contributed by atoms with van der Waals surface area (Å²) in [4.78, 5) is 4.45. The van der Waals surface area contributed by atoms with E-state index < -0.39 is 0 Å². The molecule has 0 spiro atoms. The summed E-state index contributed by atoms with van der Waals surface area (Å²) < 4.78 is 13.9. The van der Waals surface area contributed by atoms with Crippen LogP contribution in [-0.2, 0) is 17.1 Å². The predicted molar refractivity (Wildman–Crippen MR) is 59.4 cm³/mol. The third-order valence-corrected chi connectivity index (χ3v) is 2.47. The Morgan fingerprint density at radius 1 is 1.64 bits per heavy atom. The Kier molecular flexibility index (Phi) is 3.85. The molecule has 0 fully saturated rings. The molecule has 0 unspecified atom stereocenters. The number of nitrogens with two attached hydrogens (primary N) is 1. The van der Waals surface area contributed by atoms with E-state index >= 15 is 0 Å². The third-order valence-electron chi connectivity index (χ3n) is 2.30. The lowest BCUT2D eigenvalue weighted by molar-refractivity contribution is 0.349. The fraction of sp³-hybridized carbons (Fsp3) is 0.667. The molecule has 1 aromatic rings. The molecule has 80 valence electrons. The summed E-state index contributed by atoms with van der Waals surface area (Å²) in [6.45, 7) is 5.88. The van der Waals surface area contributed by atoms with Gasteiger partial charge in [-0.2, -0.15) is 0 Å². The van der Waals surface area contributed by atoms with Crippen molar-refractivity contribution < 1.29 is 4.18 Å². The molecule has 14 heavy (non-hydrogen) atoms. The lowest BCUT2D eigenvalue weighted by Gasteiger charge is -2.08. The molecule has 2 N–H and O–H groups in total. The molecule has 4 nitrogen and oxygen atoms in total. The summed E-state index contributed by atoms with van der Waals surface area (Å²) in [5, 5.41) is 0. The topological polar surface area (TPSA) is 53.1 Å². The molecule has 1 aromatic heterocycles. The van der Waals surface area contributed by atoms with Crippen LogP contribution in [0, 0.1) is 13.8 Å². The fourth-order valence-corrected chi connectivity index (χ4v) is 1.54. The molecule has 1 heterocycles. The first-order valence-electron chi connectivity index (χ1n) is 5.09. The van der Waals surface area contributed by atoms with Crippen molar-refractivity contribution in [3.63, 3.8) is 0 Å². The van der Waals surface area contributed by atoms with Gasteiger partial charge in [-0.05, 0) is 33.2 Å². The summed E-state index contributed by atoms with van der Waals surface area (Å²) >= 11 is 0.644. The van der Waals surface area contributed by atoms with Crippen LogP contribution in [0.25, 0.3) is 0 Å². The zero-order valence-electron chi connectivity index (χ0n) is 9.62. The highest BCUT2D eigenvalue weighted by Crippen LogP contribution is 2.10. The first-order valence-corrected chi connectivity index (χ1v) is 5.01. The largest absolute Gasteiger partial charge is 0.330 e. The highest BCUT2D eigenvalue weighted by molar-refractivity contribution is 7.75. The van der Waals surface area contributed by atoms with E-state index in [4.69, 9.17) is 11.0 Å². The number of imidazole rings is 1. The summed E-state index contributed by atoms with van der Waals surface area (Å²) in [6, 6.07) is 0. The van der Waals surface area contributed by atoms with E-state index in [1.807, 2.05) is 13.8 Å². The third kappa shape index (κ3) is 2.50. The molecule has 0 saturated heterocycles. The average Bonchev–Trinajstić information content (AvgIpc) is 2.47. The Bertz CT molecular complexity index is 317. The fourth-order valence-electron chi connectivity index (χ4n) is 1.47. The Balaban J connectivity index is 2.73. The Hall–Kier alpha value is -0.520. The number of nitrogens with zero attached hydrogens (tertiary/aromatic N) is 2. The maximum absolute atomic E-state index is 6.81. The van der Waals surface area contributed by atoms with Crippen LogP contribution in [-0.4, -0.2) is 23.8 Å². The number of hydrogen-bond donors (Lipinski definition) is 2. The first kappa shape index (κ1) is 10.0. The van der Waals surface area contributed by atoms with Gasteiger partial charge in [-0.1, -0.05) is 0 Å². The van der Waals surface area contributed by atoms with Crippen LogP contribution < -0.4 is 5.73 Å². The minimum atomic E-state index is 0.516. The summed E-state index contributed by atoms with van der Waals surface area (Å²) in [7, 11) is 0. The van der Waals surface area contributed by atoms with Crippen molar-refractivity contribution in [1.29, 1.82) is 1.12 Å².